The fourth-order valence-corrected chi connectivity index (χ4v) is 4.59. The van der Waals surface area contributed by atoms with Crippen LogP contribution in [0.5, 0.6) is 0 Å². The van der Waals surface area contributed by atoms with E-state index in [0.717, 1.165) is 22.5 Å². The lowest BCUT2D eigenvalue weighted by molar-refractivity contribution is -0.127. The Bertz CT molecular complexity index is 1340. The maximum atomic E-state index is 13.7. The van der Waals surface area contributed by atoms with Crippen LogP contribution in [0.4, 0.5) is 20.2 Å². The van der Waals surface area contributed by atoms with Gasteiger partial charge in [-0.15, -0.1) is 0 Å². The summed E-state index contributed by atoms with van der Waals surface area (Å²) in [5, 5.41) is 8.72. The summed E-state index contributed by atoms with van der Waals surface area (Å²) in [6.45, 7) is 2.36. The maximum Gasteiger partial charge on any atom is 0.270 e. The molecule has 3 aromatic carbocycles. The predicted octanol–water partition coefficient (Wildman–Crippen LogP) is 6.78. The van der Waals surface area contributed by atoms with Crippen molar-refractivity contribution in [2.75, 3.05) is 10.3 Å². The van der Waals surface area contributed by atoms with E-state index >= 15 is 0 Å². The standard InChI is InChI=1S/C26H21BrClF2N3O2/c1-15-23(24(34)31-20-8-5-7-18(13-20)26(2,29)30)25(35)33(32-15)21-12-16(11-19(27)14-21)10-17-6-3-4-9-22(17)28/h3-9,11-14,23H,10H2,1-2H3,(H,31,34). The normalized spacial score (nSPS) is 15.8. The second-order valence-corrected chi connectivity index (χ2v) is 9.69. The molecule has 4 rings (SSSR count). The molecular formula is C26H21BrClF2N3O2. The van der Waals surface area contributed by atoms with Gasteiger partial charge in [-0.25, -0.2) is 8.78 Å². The van der Waals surface area contributed by atoms with Crippen molar-refractivity contribution < 1.29 is 18.4 Å². The van der Waals surface area contributed by atoms with Crippen molar-refractivity contribution in [2.24, 2.45) is 11.0 Å². The summed E-state index contributed by atoms with van der Waals surface area (Å²) in [4.78, 5) is 26.1. The van der Waals surface area contributed by atoms with Crippen LogP contribution >= 0.6 is 27.5 Å². The predicted molar refractivity (Wildman–Crippen MR) is 137 cm³/mol. The first-order chi connectivity index (χ1) is 16.5. The van der Waals surface area contributed by atoms with Gasteiger partial charge in [-0.05, 0) is 60.9 Å². The number of amides is 2. The Kier molecular flexibility index (Phi) is 7.05. The van der Waals surface area contributed by atoms with E-state index in [-0.39, 0.29) is 11.3 Å². The molecule has 0 spiro atoms. The molecule has 0 aromatic heterocycles. The summed E-state index contributed by atoms with van der Waals surface area (Å²) >= 11 is 9.77. The summed E-state index contributed by atoms with van der Waals surface area (Å²) in [5.74, 6) is -5.40. The minimum atomic E-state index is -3.06. The van der Waals surface area contributed by atoms with E-state index in [1.807, 2.05) is 36.4 Å². The van der Waals surface area contributed by atoms with Crippen molar-refractivity contribution in [3.8, 4) is 0 Å². The number of nitrogens with one attached hydrogen (secondary N) is 1. The van der Waals surface area contributed by atoms with Crippen molar-refractivity contribution in [3.05, 3.63) is 92.9 Å². The SMILES string of the molecule is CC1=NN(c2cc(Br)cc(Cc3ccccc3Cl)c2)C(=O)C1C(=O)Nc1cccc(C(C)(F)F)c1. The highest BCUT2D eigenvalue weighted by Gasteiger charge is 2.40. The van der Waals surface area contributed by atoms with Gasteiger partial charge < -0.3 is 5.32 Å². The Morgan fingerprint density at radius 3 is 2.60 bits per heavy atom. The Hall–Kier alpha value is -3.10. The molecule has 9 heteroatoms. The molecule has 35 heavy (non-hydrogen) atoms. The van der Waals surface area contributed by atoms with Gasteiger partial charge in [0.15, 0.2) is 5.92 Å². The van der Waals surface area contributed by atoms with E-state index < -0.39 is 23.7 Å². The monoisotopic (exact) mass is 559 g/mol. The van der Waals surface area contributed by atoms with E-state index in [4.69, 9.17) is 11.6 Å². The van der Waals surface area contributed by atoms with E-state index in [0.29, 0.717) is 22.8 Å². The molecule has 180 valence electrons. The summed E-state index contributed by atoms with van der Waals surface area (Å²) in [6.07, 6.45) is 0.541. The first-order valence-corrected chi connectivity index (χ1v) is 11.9. The third-order valence-electron chi connectivity index (χ3n) is 5.57. The number of nitrogens with zero attached hydrogens (tertiary/aromatic N) is 2. The van der Waals surface area contributed by atoms with E-state index in [9.17, 15) is 18.4 Å². The van der Waals surface area contributed by atoms with Crippen LogP contribution in [0.25, 0.3) is 0 Å². The zero-order valence-electron chi connectivity index (χ0n) is 18.9. The van der Waals surface area contributed by atoms with Gasteiger partial charge in [-0.1, -0.05) is 57.9 Å². The van der Waals surface area contributed by atoms with Gasteiger partial charge in [0.1, 0.15) is 0 Å². The first kappa shape index (κ1) is 25.0. The molecule has 0 fully saturated rings. The number of alkyl halides is 2. The van der Waals surface area contributed by atoms with Gasteiger partial charge in [0.2, 0.25) is 5.91 Å². The zero-order chi connectivity index (χ0) is 25.3. The van der Waals surface area contributed by atoms with Crippen LogP contribution in [0.1, 0.15) is 30.5 Å². The van der Waals surface area contributed by atoms with Gasteiger partial charge in [-0.3, -0.25) is 9.59 Å². The molecule has 0 radical (unpaired) electrons. The highest BCUT2D eigenvalue weighted by molar-refractivity contribution is 9.10. The second kappa shape index (κ2) is 9.87. The summed E-state index contributed by atoms with van der Waals surface area (Å²) in [7, 11) is 0. The number of hydrogen-bond acceptors (Lipinski definition) is 3. The molecule has 1 N–H and O–H groups in total. The van der Waals surface area contributed by atoms with Crippen LogP contribution in [0.15, 0.2) is 76.3 Å². The number of hydrazone groups is 1. The zero-order valence-corrected chi connectivity index (χ0v) is 21.2. The Morgan fingerprint density at radius 1 is 1.14 bits per heavy atom. The van der Waals surface area contributed by atoms with Crippen LogP contribution in [0.3, 0.4) is 0 Å². The molecule has 5 nitrogen and oxygen atoms in total. The molecule has 0 saturated carbocycles. The van der Waals surface area contributed by atoms with Crippen molar-refractivity contribution in [3.63, 3.8) is 0 Å². The fourth-order valence-electron chi connectivity index (χ4n) is 3.86. The fraction of sp³-hybridized carbons (Fsp3) is 0.192. The smallest absolute Gasteiger partial charge is 0.270 e. The number of benzene rings is 3. The molecule has 2 amide bonds. The topological polar surface area (TPSA) is 61.8 Å². The van der Waals surface area contributed by atoms with Crippen LogP contribution in [0.2, 0.25) is 5.02 Å². The molecule has 1 aliphatic rings. The van der Waals surface area contributed by atoms with Gasteiger partial charge in [0.05, 0.1) is 11.4 Å². The molecule has 1 heterocycles. The van der Waals surface area contributed by atoms with Gasteiger partial charge in [0, 0.05) is 27.7 Å². The Balaban J connectivity index is 1.55. The molecule has 0 saturated heterocycles. The lowest BCUT2D eigenvalue weighted by atomic mass is 10.0. The van der Waals surface area contributed by atoms with E-state index in [2.05, 4.69) is 26.3 Å². The average Bonchev–Trinajstić information content (AvgIpc) is 3.08. The largest absolute Gasteiger partial charge is 0.325 e. The van der Waals surface area contributed by atoms with Crippen LogP contribution in [0, 0.1) is 5.92 Å². The molecule has 0 bridgehead atoms. The number of carbonyl (C=O) groups is 2. The second-order valence-electron chi connectivity index (χ2n) is 8.37. The molecule has 0 aliphatic carbocycles. The number of anilines is 2. The van der Waals surface area contributed by atoms with Gasteiger partial charge in [-0.2, -0.15) is 10.1 Å². The first-order valence-electron chi connectivity index (χ1n) is 10.7. The van der Waals surface area contributed by atoms with Crippen LogP contribution < -0.4 is 10.3 Å². The number of rotatable bonds is 6. The molecule has 1 atom stereocenters. The average molecular weight is 561 g/mol. The molecule has 1 aliphatic heterocycles. The number of carbonyl (C=O) groups excluding carboxylic acids is 2. The Morgan fingerprint density at radius 2 is 1.89 bits per heavy atom. The van der Waals surface area contributed by atoms with E-state index in [1.54, 1.807) is 13.0 Å². The lowest BCUT2D eigenvalue weighted by Gasteiger charge is -2.17. The highest BCUT2D eigenvalue weighted by Crippen LogP contribution is 2.32. The minimum Gasteiger partial charge on any atom is -0.325 e. The van der Waals surface area contributed by atoms with Crippen molar-refractivity contribution in [1.82, 2.24) is 0 Å². The Labute approximate surface area is 214 Å². The van der Waals surface area contributed by atoms with Crippen LogP contribution in [-0.2, 0) is 21.9 Å². The summed E-state index contributed by atoms with van der Waals surface area (Å²) < 4.78 is 28.1. The van der Waals surface area contributed by atoms with Gasteiger partial charge >= 0.3 is 0 Å². The number of halogens is 4. The number of hydrogen-bond donors (Lipinski definition) is 1. The van der Waals surface area contributed by atoms with Crippen molar-refractivity contribution in [2.45, 2.75) is 26.2 Å². The minimum absolute atomic E-state index is 0.178. The van der Waals surface area contributed by atoms with E-state index in [1.165, 1.54) is 29.3 Å². The van der Waals surface area contributed by atoms with Crippen molar-refractivity contribution >= 4 is 56.4 Å². The maximum absolute atomic E-state index is 13.7. The lowest BCUT2D eigenvalue weighted by Crippen LogP contribution is -2.36. The quantitative estimate of drug-likeness (QED) is 0.338. The van der Waals surface area contributed by atoms with Gasteiger partial charge in [0.25, 0.3) is 11.8 Å². The van der Waals surface area contributed by atoms with Crippen LogP contribution in [-0.4, -0.2) is 17.5 Å². The highest BCUT2D eigenvalue weighted by atomic mass is 79.9. The van der Waals surface area contributed by atoms with Crippen molar-refractivity contribution in [1.29, 1.82) is 0 Å². The third-order valence-corrected chi connectivity index (χ3v) is 6.40. The molecule has 3 aromatic rings. The molecule has 1 unspecified atom stereocenters. The third kappa shape index (κ3) is 5.60. The summed E-state index contributed by atoms with van der Waals surface area (Å²) in [5.41, 5.74) is 2.57. The molecular weight excluding hydrogens is 540 g/mol. The summed E-state index contributed by atoms with van der Waals surface area (Å²) in [6, 6.07) is 18.4.